The lowest BCUT2D eigenvalue weighted by Gasteiger charge is -2.26. The van der Waals surface area contributed by atoms with Gasteiger partial charge in [-0.25, -0.2) is 9.59 Å². The first-order valence-electron chi connectivity index (χ1n) is 6.18. The van der Waals surface area contributed by atoms with Crippen molar-refractivity contribution in [2.75, 3.05) is 0 Å². The number of H-pyrrole nitrogens is 2. The largest absolute Gasteiger partial charge is 0.480 e. The summed E-state index contributed by atoms with van der Waals surface area (Å²) < 4.78 is 0. The van der Waals surface area contributed by atoms with Crippen molar-refractivity contribution < 1.29 is 14.7 Å². The molecule has 8 heteroatoms. The highest BCUT2D eigenvalue weighted by Crippen LogP contribution is 2.39. The van der Waals surface area contributed by atoms with E-state index in [0.29, 0.717) is 0 Å². The number of hydrogen-bond donors (Lipinski definition) is 4. The van der Waals surface area contributed by atoms with Gasteiger partial charge in [0, 0.05) is 11.8 Å². The van der Waals surface area contributed by atoms with E-state index >= 15 is 0 Å². The van der Waals surface area contributed by atoms with Gasteiger partial charge in [0.1, 0.15) is 5.54 Å². The van der Waals surface area contributed by atoms with Crippen LogP contribution in [0.5, 0.6) is 0 Å². The summed E-state index contributed by atoms with van der Waals surface area (Å²) in [5, 5.41) is 11.7. The van der Waals surface area contributed by atoms with Crippen LogP contribution in [0.25, 0.3) is 0 Å². The summed E-state index contributed by atoms with van der Waals surface area (Å²) in [5.74, 6) is -1.72. The number of carbonyl (C=O) groups is 2. The topological polar surface area (TPSA) is 132 Å². The summed E-state index contributed by atoms with van der Waals surface area (Å²) >= 11 is 0. The zero-order valence-electron chi connectivity index (χ0n) is 10.9. The van der Waals surface area contributed by atoms with Crippen molar-refractivity contribution in [2.45, 2.75) is 31.7 Å². The van der Waals surface area contributed by atoms with Crippen molar-refractivity contribution in [3.63, 3.8) is 0 Å². The van der Waals surface area contributed by atoms with Crippen LogP contribution in [0.1, 0.15) is 25.5 Å². The van der Waals surface area contributed by atoms with Crippen LogP contribution in [0.15, 0.2) is 15.7 Å². The number of hydrogen-bond acceptors (Lipinski definition) is 4. The van der Waals surface area contributed by atoms with Gasteiger partial charge in [-0.05, 0) is 25.7 Å². The highest BCUT2D eigenvalue weighted by Gasteiger charge is 2.48. The Morgan fingerprint density at radius 1 is 1.40 bits per heavy atom. The third-order valence-corrected chi connectivity index (χ3v) is 3.40. The fraction of sp³-hybridized carbons (Fsp3) is 0.500. The van der Waals surface area contributed by atoms with Gasteiger partial charge in [-0.3, -0.25) is 14.6 Å². The van der Waals surface area contributed by atoms with Gasteiger partial charge in [0.15, 0.2) is 0 Å². The molecule has 0 aliphatic heterocycles. The van der Waals surface area contributed by atoms with Gasteiger partial charge in [-0.2, -0.15) is 0 Å². The molecule has 1 heterocycles. The molecule has 1 aromatic heterocycles. The molecule has 2 rings (SSSR count). The van der Waals surface area contributed by atoms with E-state index in [9.17, 15) is 24.3 Å². The average Bonchev–Trinajstić information content (AvgIpc) is 3.10. The molecular weight excluding hydrogens is 266 g/mol. The van der Waals surface area contributed by atoms with Crippen LogP contribution >= 0.6 is 0 Å². The van der Waals surface area contributed by atoms with Crippen LogP contribution in [0, 0.1) is 5.92 Å². The maximum Gasteiger partial charge on any atom is 0.329 e. The Labute approximate surface area is 113 Å². The van der Waals surface area contributed by atoms with E-state index in [2.05, 4.69) is 10.3 Å². The smallest absolute Gasteiger partial charge is 0.329 e. The quantitative estimate of drug-likeness (QED) is 0.548. The number of amides is 1. The van der Waals surface area contributed by atoms with Crippen molar-refractivity contribution in [2.24, 2.45) is 5.92 Å². The molecule has 1 unspecified atom stereocenters. The van der Waals surface area contributed by atoms with E-state index in [4.69, 9.17) is 0 Å². The molecule has 0 saturated heterocycles. The Morgan fingerprint density at radius 2 is 2.05 bits per heavy atom. The highest BCUT2D eigenvalue weighted by atomic mass is 16.4. The molecular formula is C12H15N3O5. The van der Waals surface area contributed by atoms with Gasteiger partial charge in [0.2, 0.25) is 5.91 Å². The van der Waals surface area contributed by atoms with Crippen LogP contribution in [0.4, 0.5) is 0 Å². The van der Waals surface area contributed by atoms with Crippen molar-refractivity contribution in [1.29, 1.82) is 0 Å². The minimum absolute atomic E-state index is 0.0813. The second-order valence-electron chi connectivity index (χ2n) is 5.12. The maximum atomic E-state index is 11.9. The Bertz CT molecular complexity index is 629. The molecule has 1 saturated carbocycles. The van der Waals surface area contributed by atoms with Gasteiger partial charge >= 0.3 is 11.7 Å². The zero-order valence-corrected chi connectivity index (χ0v) is 10.9. The molecule has 8 nitrogen and oxygen atoms in total. The van der Waals surface area contributed by atoms with E-state index in [1.165, 1.54) is 6.92 Å². The Hall–Kier alpha value is -2.38. The predicted octanol–water partition coefficient (Wildman–Crippen LogP) is -1.02. The molecule has 1 aromatic rings. The van der Waals surface area contributed by atoms with Gasteiger partial charge in [-0.15, -0.1) is 0 Å². The Balaban J connectivity index is 2.10. The SMILES string of the molecule is CC(NC(=O)Cc1cc(=O)[nH]c(=O)[nH]1)(C(=O)O)C1CC1. The molecule has 0 spiro atoms. The second-order valence-corrected chi connectivity index (χ2v) is 5.12. The van der Waals surface area contributed by atoms with Crippen LogP contribution in [0.2, 0.25) is 0 Å². The maximum absolute atomic E-state index is 11.9. The molecule has 1 amide bonds. The normalized spacial score (nSPS) is 17.2. The third-order valence-electron chi connectivity index (χ3n) is 3.40. The number of aliphatic carboxylic acids is 1. The number of nitrogens with one attached hydrogen (secondary N) is 3. The molecule has 0 radical (unpaired) electrons. The molecule has 4 N–H and O–H groups in total. The van der Waals surface area contributed by atoms with Crippen molar-refractivity contribution >= 4 is 11.9 Å². The lowest BCUT2D eigenvalue weighted by molar-refractivity contribution is -0.147. The third kappa shape index (κ3) is 2.95. The van der Waals surface area contributed by atoms with Gasteiger partial charge in [0.05, 0.1) is 6.42 Å². The molecule has 108 valence electrons. The monoisotopic (exact) mass is 281 g/mol. The molecule has 1 aliphatic carbocycles. The first-order valence-corrected chi connectivity index (χ1v) is 6.18. The summed E-state index contributed by atoms with van der Waals surface area (Å²) in [6, 6.07) is 1.09. The van der Waals surface area contributed by atoms with Gasteiger partial charge in [0.25, 0.3) is 5.56 Å². The Kier molecular flexibility index (Phi) is 3.47. The fourth-order valence-electron chi connectivity index (χ4n) is 2.11. The van der Waals surface area contributed by atoms with Gasteiger partial charge in [-0.1, -0.05) is 0 Å². The van der Waals surface area contributed by atoms with E-state index < -0.39 is 28.7 Å². The number of carbonyl (C=O) groups excluding carboxylic acids is 1. The average molecular weight is 281 g/mol. The van der Waals surface area contributed by atoms with E-state index in [-0.39, 0.29) is 18.0 Å². The zero-order chi connectivity index (χ0) is 14.9. The van der Waals surface area contributed by atoms with Crippen LogP contribution in [-0.2, 0) is 16.0 Å². The minimum Gasteiger partial charge on any atom is -0.480 e. The summed E-state index contributed by atoms with van der Waals surface area (Å²) in [6.07, 6.45) is 1.25. The summed E-state index contributed by atoms with van der Waals surface area (Å²) in [5.41, 5.74) is -2.48. The van der Waals surface area contributed by atoms with Crippen LogP contribution < -0.4 is 16.6 Å². The number of aromatic amines is 2. The Morgan fingerprint density at radius 3 is 2.55 bits per heavy atom. The summed E-state index contributed by atoms with van der Waals surface area (Å²) in [4.78, 5) is 49.6. The number of carboxylic acid groups (broad SMARTS) is 1. The van der Waals surface area contributed by atoms with Crippen molar-refractivity contribution in [3.8, 4) is 0 Å². The van der Waals surface area contributed by atoms with E-state index in [0.717, 1.165) is 18.9 Å². The minimum atomic E-state index is -1.31. The molecule has 1 fully saturated rings. The first-order chi connectivity index (χ1) is 9.31. The molecule has 0 aromatic carbocycles. The fourth-order valence-corrected chi connectivity index (χ4v) is 2.11. The molecule has 1 atom stereocenters. The standard InChI is InChI=1S/C12H15N3O5/c1-12(10(18)19,6-2-3-6)15-9(17)5-7-4-8(16)14-11(20)13-7/h4,6H,2-3,5H2,1H3,(H,15,17)(H,18,19)(H2,13,14,16,20). The summed E-state index contributed by atoms with van der Waals surface area (Å²) in [6.45, 7) is 1.46. The lowest BCUT2D eigenvalue weighted by Crippen LogP contribution is -2.54. The highest BCUT2D eigenvalue weighted by molar-refractivity contribution is 5.88. The second kappa shape index (κ2) is 4.95. The van der Waals surface area contributed by atoms with Crippen molar-refractivity contribution in [3.05, 3.63) is 32.6 Å². The predicted molar refractivity (Wildman–Crippen MR) is 68.3 cm³/mol. The molecule has 0 bridgehead atoms. The first kappa shape index (κ1) is 14.0. The lowest BCUT2D eigenvalue weighted by atomic mass is 9.95. The van der Waals surface area contributed by atoms with E-state index in [1.54, 1.807) is 0 Å². The van der Waals surface area contributed by atoms with Gasteiger partial charge < -0.3 is 15.4 Å². The molecule has 20 heavy (non-hydrogen) atoms. The van der Waals surface area contributed by atoms with Crippen LogP contribution in [0.3, 0.4) is 0 Å². The van der Waals surface area contributed by atoms with Crippen LogP contribution in [-0.4, -0.2) is 32.5 Å². The number of carboxylic acids is 1. The summed E-state index contributed by atoms with van der Waals surface area (Å²) in [7, 11) is 0. The number of aromatic nitrogens is 2. The van der Waals surface area contributed by atoms with Crippen molar-refractivity contribution in [1.82, 2.24) is 15.3 Å². The van der Waals surface area contributed by atoms with E-state index in [1.807, 2.05) is 4.98 Å². The number of rotatable bonds is 5. The molecule has 1 aliphatic rings.